The van der Waals surface area contributed by atoms with Crippen molar-refractivity contribution in [1.29, 1.82) is 0 Å². The molecule has 1 aromatic heterocycles. The molecule has 0 aliphatic heterocycles. The maximum absolute atomic E-state index is 13.4. The molecular weight excluding hydrogens is 249 g/mol. The summed E-state index contributed by atoms with van der Waals surface area (Å²) in [5.41, 5.74) is 1.17. The van der Waals surface area contributed by atoms with Crippen molar-refractivity contribution < 1.29 is 18.7 Å². The fourth-order valence-electron chi connectivity index (χ4n) is 1.77. The Bertz CT molecular complexity index is 606. The van der Waals surface area contributed by atoms with Gasteiger partial charge in [0.2, 0.25) is 5.76 Å². The van der Waals surface area contributed by atoms with E-state index >= 15 is 0 Å². The molecule has 0 aliphatic rings. The van der Waals surface area contributed by atoms with Crippen LogP contribution in [0.25, 0.3) is 0 Å². The lowest BCUT2D eigenvalue weighted by atomic mass is 10.1. The molecule has 0 aliphatic carbocycles. The smallest absolute Gasteiger partial charge is 0.371 e. The van der Waals surface area contributed by atoms with Gasteiger partial charge < -0.3 is 14.8 Å². The number of carboxylic acids is 1. The van der Waals surface area contributed by atoms with Crippen molar-refractivity contribution >= 4 is 11.7 Å². The molecule has 2 rings (SSSR count). The molecule has 1 atom stereocenters. The molecule has 2 N–H and O–H groups in total. The molecule has 0 saturated heterocycles. The fraction of sp³-hybridized carbons (Fsp3) is 0.214. The standard InChI is InChI=1S/C14H14FNO3/c1-8-10(15)4-3-5-11(8)16-9(2)12-6-7-13(19-12)14(17)18/h3-7,9,16H,1-2H3,(H,17,18). The largest absolute Gasteiger partial charge is 0.475 e. The van der Waals surface area contributed by atoms with Crippen LogP contribution in [0, 0.1) is 12.7 Å². The molecule has 1 heterocycles. The highest BCUT2D eigenvalue weighted by Gasteiger charge is 2.15. The first-order chi connectivity index (χ1) is 8.99. The zero-order valence-corrected chi connectivity index (χ0v) is 10.6. The van der Waals surface area contributed by atoms with Crippen LogP contribution in [0.15, 0.2) is 34.7 Å². The van der Waals surface area contributed by atoms with Crippen LogP contribution in [0.3, 0.4) is 0 Å². The highest BCUT2D eigenvalue weighted by Crippen LogP contribution is 2.24. The van der Waals surface area contributed by atoms with E-state index in [9.17, 15) is 9.18 Å². The van der Waals surface area contributed by atoms with E-state index < -0.39 is 5.97 Å². The van der Waals surface area contributed by atoms with Crippen molar-refractivity contribution in [2.75, 3.05) is 5.32 Å². The van der Waals surface area contributed by atoms with Gasteiger partial charge in [-0.25, -0.2) is 9.18 Å². The van der Waals surface area contributed by atoms with Gasteiger partial charge in [0.25, 0.3) is 0 Å². The van der Waals surface area contributed by atoms with E-state index in [0.717, 1.165) is 0 Å². The van der Waals surface area contributed by atoms with E-state index in [-0.39, 0.29) is 17.6 Å². The Hall–Kier alpha value is -2.30. The summed E-state index contributed by atoms with van der Waals surface area (Å²) < 4.78 is 18.6. The van der Waals surface area contributed by atoms with E-state index in [4.69, 9.17) is 9.52 Å². The van der Waals surface area contributed by atoms with Gasteiger partial charge >= 0.3 is 5.97 Å². The Morgan fingerprint density at radius 2 is 2.11 bits per heavy atom. The number of rotatable bonds is 4. The molecule has 0 amide bonds. The van der Waals surface area contributed by atoms with Crippen LogP contribution in [0.2, 0.25) is 0 Å². The van der Waals surface area contributed by atoms with Gasteiger partial charge in [0, 0.05) is 11.3 Å². The fourth-order valence-corrected chi connectivity index (χ4v) is 1.77. The maximum Gasteiger partial charge on any atom is 0.371 e. The van der Waals surface area contributed by atoms with Crippen LogP contribution >= 0.6 is 0 Å². The number of carboxylic acid groups (broad SMARTS) is 1. The van der Waals surface area contributed by atoms with Gasteiger partial charge in [0.15, 0.2) is 0 Å². The van der Waals surface area contributed by atoms with Gasteiger partial charge in [0.05, 0.1) is 6.04 Å². The molecule has 0 fully saturated rings. The summed E-state index contributed by atoms with van der Waals surface area (Å²) in [5.74, 6) is -1.02. The average Bonchev–Trinajstić information content (AvgIpc) is 2.84. The van der Waals surface area contributed by atoms with Crippen molar-refractivity contribution in [2.45, 2.75) is 19.9 Å². The summed E-state index contributed by atoms with van der Waals surface area (Å²) in [6, 6.07) is 7.50. The van der Waals surface area contributed by atoms with E-state index in [0.29, 0.717) is 17.0 Å². The van der Waals surface area contributed by atoms with Crippen molar-refractivity contribution in [3.63, 3.8) is 0 Å². The number of nitrogens with one attached hydrogen (secondary N) is 1. The summed E-state index contributed by atoms with van der Waals surface area (Å²) in [5, 5.41) is 11.9. The molecule has 0 radical (unpaired) electrons. The number of benzene rings is 1. The van der Waals surface area contributed by atoms with Gasteiger partial charge in [-0.05, 0) is 38.1 Å². The Labute approximate surface area is 109 Å². The molecule has 19 heavy (non-hydrogen) atoms. The lowest BCUT2D eigenvalue weighted by molar-refractivity contribution is 0.0660. The van der Waals surface area contributed by atoms with Crippen molar-refractivity contribution in [3.8, 4) is 0 Å². The highest BCUT2D eigenvalue weighted by atomic mass is 19.1. The molecule has 4 nitrogen and oxygen atoms in total. The number of hydrogen-bond acceptors (Lipinski definition) is 3. The summed E-state index contributed by atoms with van der Waals surface area (Å²) in [4.78, 5) is 10.7. The first-order valence-corrected chi connectivity index (χ1v) is 5.83. The van der Waals surface area contributed by atoms with Gasteiger partial charge in [-0.1, -0.05) is 6.07 Å². The summed E-state index contributed by atoms with van der Waals surface area (Å²) >= 11 is 0. The van der Waals surface area contributed by atoms with E-state index in [2.05, 4.69) is 5.32 Å². The number of halogens is 1. The van der Waals surface area contributed by atoms with E-state index in [1.807, 2.05) is 6.92 Å². The molecule has 0 bridgehead atoms. The quantitative estimate of drug-likeness (QED) is 0.884. The predicted molar refractivity (Wildman–Crippen MR) is 68.8 cm³/mol. The van der Waals surface area contributed by atoms with Gasteiger partial charge in [-0.15, -0.1) is 0 Å². The van der Waals surface area contributed by atoms with Crippen LogP contribution in [-0.2, 0) is 0 Å². The zero-order valence-electron chi connectivity index (χ0n) is 10.6. The Balaban J connectivity index is 2.18. The van der Waals surface area contributed by atoms with Crippen LogP contribution < -0.4 is 5.32 Å². The molecule has 1 aromatic carbocycles. The second-order valence-corrected chi connectivity index (χ2v) is 4.29. The highest BCUT2D eigenvalue weighted by molar-refractivity contribution is 5.84. The minimum absolute atomic E-state index is 0.111. The monoisotopic (exact) mass is 263 g/mol. The zero-order chi connectivity index (χ0) is 14.0. The van der Waals surface area contributed by atoms with Crippen LogP contribution in [0.5, 0.6) is 0 Å². The van der Waals surface area contributed by atoms with E-state index in [1.165, 1.54) is 12.1 Å². The lowest BCUT2D eigenvalue weighted by Gasteiger charge is -2.15. The Kier molecular flexibility index (Phi) is 3.55. The maximum atomic E-state index is 13.4. The number of carbonyl (C=O) groups is 1. The summed E-state index contributed by atoms with van der Waals surface area (Å²) in [6.45, 7) is 3.49. The second kappa shape index (κ2) is 5.14. The second-order valence-electron chi connectivity index (χ2n) is 4.29. The number of furan rings is 1. The number of anilines is 1. The predicted octanol–water partition coefficient (Wildman–Crippen LogP) is 3.60. The number of aromatic carboxylic acids is 1. The third-order valence-electron chi connectivity index (χ3n) is 2.90. The van der Waals surface area contributed by atoms with Gasteiger partial charge in [-0.2, -0.15) is 0 Å². The lowest BCUT2D eigenvalue weighted by Crippen LogP contribution is -2.07. The topological polar surface area (TPSA) is 62.5 Å². The van der Waals surface area contributed by atoms with Crippen molar-refractivity contribution in [2.24, 2.45) is 0 Å². The van der Waals surface area contributed by atoms with Gasteiger partial charge in [-0.3, -0.25) is 0 Å². The van der Waals surface area contributed by atoms with Crippen LogP contribution in [0.4, 0.5) is 10.1 Å². The Morgan fingerprint density at radius 3 is 2.74 bits per heavy atom. The molecule has 0 spiro atoms. The molecular formula is C14H14FNO3. The summed E-state index contributed by atoms with van der Waals surface area (Å²) in [7, 11) is 0. The first kappa shape index (κ1) is 13.1. The first-order valence-electron chi connectivity index (χ1n) is 5.83. The van der Waals surface area contributed by atoms with Crippen molar-refractivity contribution in [3.05, 3.63) is 53.2 Å². The normalized spacial score (nSPS) is 12.2. The molecule has 100 valence electrons. The minimum atomic E-state index is -1.11. The minimum Gasteiger partial charge on any atom is -0.475 e. The molecule has 1 unspecified atom stereocenters. The average molecular weight is 263 g/mol. The van der Waals surface area contributed by atoms with E-state index in [1.54, 1.807) is 25.1 Å². The number of hydrogen-bond donors (Lipinski definition) is 2. The van der Waals surface area contributed by atoms with Crippen LogP contribution in [-0.4, -0.2) is 11.1 Å². The van der Waals surface area contributed by atoms with Crippen molar-refractivity contribution in [1.82, 2.24) is 0 Å². The SMILES string of the molecule is Cc1c(F)cccc1NC(C)c1ccc(C(=O)O)o1. The Morgan fingerprint density at radius 1 is 1.37 bits per heavy atom. The van der Waals surface area contributed by atoms with Crippen LogP contribution in [0.1, 0.15) is 34.8 Å². The third kappa shape index (κ3) is 2.76. The molecule has 5 heteroatoms. The van der Waals surface area contributed by atoms with Gasteiger partial charge in [0.1, 0.15) is 11.6 Å². The third-order valence-corrected chi connectivity index (χ3v) is 2.90. The summed E-state index contributed by atoms with van der Waals surface area (Å²) in [6.07, 6.45) is 0. The molecule has 2 aromatic rings. The molecule has 0 saturated carbocycles.